The van der Waals surface area contributed by atoms with Crippen LogP contribution in [0.4, 0.5) is 0 Å². The van der Waals surface area contributed by atoms with E-state index in [2.05, 4.69) is 33.6 Å². The quantitative estimate of drug-likeness (QED) is 0.0421. The van der Waals surface area contributed by atoms with Crippen molar-refractivity contribution in [3.63, 3.8) is 0 Å². The molecule has 0 aromatic carbocycles. The van der Waals surface area contributed by atoms with E-state index in [9.17, 15) is 24.3 Å². The zero-order valence-corrected chi connectivity index (χ0v) is 21.4. The summed E-state index contributed by atoms with van der Waals surface area (Å²) in [6.45, 7) is 4.37. The second-order valence-corrected chi connectivity index (χ2v) is 8.72. The molecule has 0 bridgehead atoms. The third kappa shape index (κ3) is 13.2. The third-order valence-corrected chi connectivity index (χ3v) is 5.84. The SMILES string of the molecule is CCC(C)C(NC(=O)C(N)CCCN=C(N)N)C(=O)NC(CS)C(=O)NC(CCCCN)C(=O)O. The molecule has 0 rings (SSSR count). The number of aliphatic carboxylic acids is 1. The fourth-order valence-corrected chi connectivity index (χ4v) is 3.35. The van der Waals surface area contributed by atoms with E-state index in [1.807, 2.05) is 6.92 Å². The van der Waals surface area contributed by atoms with E-state index >= 15 is 0 Å². The molecule has 5 atom stereocenters. The number of thiol groups is 1. The van der Waals surface area contributed by atoms with Gasteiger partial charge in [0.2, 0.25) is 17.7 Å². The Morgan fingerprint density at radius 3 is 2.09 bits per heavy atom. The molecule has 0 aliphatic heterocycles. The van der Waals surface area contributed by atoms with Crippen LogP contribution in [0.25, 0.3) is 0 Å². The predicted molar refractivity (Wildman–Crippen MR) is 138 cm³/mol. The lowest BCUT2D eigenvalue weighted by Crippen LogP contribution is -2.59. The van der Waals surface area contributed by atoms with E-state index in [0.29, 0.717) is 45.2 Å². The summed E-state index contributed by atoms with van der Waals surface area (Å²) >= 11 is 4.12. The van der Waals surface area contributed by atoms with Crippen LogP contribution < -0.4 is 38.9 Å². The molecule has 13 nitrogen and oxygen atoms in total. The van der Waals surface area contributed by atoms with Gasteiger partial charge in [-0.3, -0.25) is 19.4 Å². The Morgan fingerprint density at radius 2 is 1.57 bits per heavy atom. The molecule has 0 aromatic rings. The van der Waals surface area contributed by atoms with Crippen LogP contribution in [0, 0.1) is 5.92 Å². The fraction of sp³-hybridized carbons (Fsp3) is 0.762. The first-order chi connectivity index (χ1) is 16.5. The minimum Gasteiger partial charge on any atom is -0.480 e. The Balaban J connectivity index is 5.16. The summed E-state index contributed by atoms with van der Waals surface area (Å²) in [5.41, 5.74) is 21.9. The first-order valence-corrected chi connectivity index (χ1v) is 12.4. The van der Waals surface area contributed by atoms with Gasteiger partial charge in [0.15, 0.2) is 5.96 Å². The number of carboxylic acids is 1. The number of carboxylic acid groups (broad SMARTS) is 1. The maximum absolute atomic E-state index is 13.0. The standard InChI is InChI=1S/C21H42N8O5S/c1-3-12(2)16(29-17(30)13(23)7-6-10-26-21(24)25)19(32)28-15(11-35)18(31)27-14(20(33)34)8-4-5-9-22/h12-16,35H,3-11,22-23H2,1-2H3,(H,27,31)(H,28,32)(H,29,30)(H,33,34)(H4,24,25,26). The maximum atomic E-state index is 13.0. The van der Waals surface area contributed by atoms with Gasteiger partial charge in [0.25, 0.3) is 0 Å². The maximum Gasteiger partial charge on any atom is 0.326 e. The van der Waals surface area contributed by atoms with Gasteiger partial charge in [-0.15, -0.1) is 0 Å². The number of hydrogen-bond donors (Lipinski definition) is 9. The Labute approximate surface area is 212 Å². The van der Waals surface area contributed by atoms with Crippen molar-refractivity contribution >= 4 is 42.3 Å². The van der Waals surface area contributed by atoms with Gasteiger partial charge in [0.1, 0.15) is 18.1 Å². The predicted octanol–water partition coefficient (Wildman–Crippen LogP) is -1.99. The molecule has 3 amide bonds. The van der Waals surface area contributed by atoms with Crippen LogP contribution >= 0.6 is 12.6 Å². The largest absolute Gasteiger partial charge is 0.480 e. The van der Waals surface area contributed by atoms with E-state index in [-0.39, 0.29) is 24.1 Å². The fourth-order valence-electron chi connectivity index (χ4n) is 3.09. The molecular formula is C21H42N8O5S. The van der Waals surface area contributed by atoms with Crippen LogP contribution in [0.5, 0.6) is 0 Å². The summed E-state index contributed by atoms with van der Waals surface area (Å²) in [6.07, 6.45) is 2.71. The molecular weight excluding hydrogens is 476 g/mol. The minimum atomic E-state index is -1.18. The highest BCUT2D eigenvalue weighted by molar-refractivity contribution is 7.80. The molecule has 0 heterocycles. The average Bonchev–Trinajstić information content (AvgIpc) is 2.81. The molecule has 5 unspecified atom stereocenters. The zero-order valence-electron chi connectivity index (χ0n) is 20.5. The number of nitrogens with zero attached hydrogens (tertiary/aromatic N) is 1. The lowest BCUT2D eigenvalue weighted by molar-refractivity contribution is -0.142. The van der Waals surface area contributed by atoms with Crippen LogP contribution in [0.3, 0.4) is 0 Å². The number of guanidine groups is 1. The van der Waals surface area contributed by atoms with Gasteiger partial charge in [-0.2, -0.15) is 12.6 Å². The number of carbonyl (C=O) groups excluding carboxylic acids is 3. The van der Waals surface area contributed by atoms with Crippen molar-refractivity contribution in [2.75, 3.05) is 18.8 Å². The van der Waals surface area contributed by atoms with Gasteiger partial charge >= 0.3 is 5.97 Å². The first-order valence-electron chi connectivity index (χ1n) is 11.7. The van der Waals surface area contributed by atoms with Gasteiger partial charge in [0, 0.05) is 12.3 Å². The van der Waals surface area contributed by atoms with Gasteiger partial charge in [-0.25, -0.2) is 4.79 Å². The minimum absolute atomic E-state index is 0.0513. The van der Waals surface area contributed by atoms with Crippen LogP contribution in [0.15, 0.2) is 4.99 Å². The number of aliphatic imine (C=N–C) groups is 1. The Hall–Kier alpha value is -2.58. The monoisotopic (exact) mass is 518 g/mol. The molecule has 0 spiro atoms. The molecule has 0 fully saturated rings. The first kappa shape index (κ1) is 32.4. The average molecular weight is 519 g/mol. The molecule has 0 aromatic heterocycles. The summed E-state index contributed by atoms with van der Waals surface area (Å²) in [6, 6.07) is -4.04. The molecule has 0 aliphatic rings. The van der Waals surface area contributed by atoms with Crippen molar-refractivity contribution in [2.24, 2.45) is 33.8 Å². The third-order valence-electron chi connectivity index (χ3n) is 5.47. The molecule has 12 N–H and O–H groups in total. The lowest BCUT2D eigenvalue weighted by Gasteiger charge is -2.27. The molecule has 0 saturated carbocycles. The summed E-state index contributed by atoms with van der Waals surface area (Å²) in [7, 11) is 0. The Morgan fingerprint density at radius 1 is 0.943 bits per heavy atom. The number of rotatable bonds is 18. The van der Waals surface area contributed by atoms with Crippen molar-refractivity contribution in [3.8, 4) is 0 Å². The molecule has 35 heavy (non-hydrogen) atoms. The molecule has 202 valence electrons. The van der Waals surface area contributed by atoms with E-state index in [1.165, 1.54) is 0 Å². The number of carbonyl (C=O) groups is 4. The second kappa shape index (κ2) is 17.8. The van der Waals surface area contributed by atoms with E-state index in [4.69, 9.17) is 22.9 Å². The van der Waals surface area contributed by atoms with Gasteiger partial charge < -0.3 is 44.0 Å². The second-order valence-electron chi connectivity index (χ2n) is 8.35. The van der Waals surface area contributed by atoms with Gasteiger partial charge in [-0.05, 0) is 44.6 Å². The Kier molecular flexibility index (Phi) is 16.5. The van der Waals surface area contributed by atoms with Crippen molar-refractivity contribution in [1.29, 1.82) is 0 Å². The molecule has 0 saturated heterocycles. The molecule has 14 heteroatoms. The van der Waals surface area contributed by atoms with Crippen molar-refractivity contribution in [1.82, 2.24) is 16.0 Å². The molecule has 0 radical (unpaired) electrons. The Bertz CT molecular complexity index is 720. The number of hydrogen-bond acceptors (Lipinski definition) is 8. The number of amides is 3. The van der Waals surface area contributed by atoms with Crippen LogP contribution in [0.2, 0.25) is 0 Å². The summed E-state index contributed by atoms with van der Waals surface area (Å²) in [4.78, 5) is 53.5. The van der Waals surface area contributed by atoms with E-state index in [1.54, 1.807) is 6.92 Å². The topological polar surface area (TPSA) is 241 Å². The number of unbranched alkanes of at least 4 members (excludes halogenated alkanes) is 1. The summed E-state index contributed by atoms with van der Waals surface area (Å²) < 4.78 is 0. The summed E-state index contributed by atoms with van der Waals surface area (Å²) in [5.74, 6) is -3.36. The van der Waals surface area contributed by atoms with Crippen molar-refractivity contribution in [3.05, 3.63) is 0 Å². The van der Waals surface area contributed by atoms with Crippen molar-refractivity contribution in [2.45, 2.75) is 76.5 Å². The zero-order chi connectivity index (χ0) is 27.0. The van der Waals surface area contributed by atoms with Crippen LogP contribution in [0.1, 0.15) is 52.4 Å². The number of nitrogens with one attached hydrogen (secondary N) is 3. The normalized spacial score (nSPS) is 15.1. The highest BCUT2D eigenvalue weighted by Gasteiger charge is 2.31. The van der Waals surface area contributed by atoms with Crippen LogP contribution in [-0.2, 0) is 19.2 Å². The smallest absolute Gasteiger partial charge is 0.326 e. The van der Waals surface area contributed by atoms with E-state index in [0.717, 1.165) is 0 Å². The van der Waals surface area contributed by atoms with Crippen molar-refractivity contribution < 1.29 is 24.3 Å². The lowest BCUT2D eigenvalue weighted by atomic mass is 9.97. The van der Waals surface area contributed by atoms with Gasteiger partial charge in [0.05, 0.1) is 6.04 Å². The highest BCUT2D eigenvalue weighted by Crippen LogP contribution is 2.10. The van der Waals surface area contributed by atoms with E-state index < -0.39 is 47.9 Å². The summed E-state index contributed by atoms with van der Waals surface area (Å²) in [5, 5.41) is 17.0. The number of nitrogens with two attached hydrogens (primary N) is 4. The highest BCUT2D eigenvalue weighted by atomic mass is 32.1. The van der Waals surface area contributed by atoms with Crippen LogP contribution in [-0.4, -0.2) is 77.8 Å². The molecule has 0 aliphatic carbocycles. The van der Waals surface area contributed by atoms with Gasteiger partial charge in [-0.1, -0.05) is 20.3 Å².